The van der Waals surface area contributed by atoms with Gasteiger partial charge < -0.3 is 9.64 Å². The van der Waals surface area contributed by atoms with Crippen molar-refractivity contribution >= 4 is 29.1 Å². The van der Waals surface area contributed by atoms with Gasteiger partial charge in [0.2, 0.25) is 5.91 Å². The van der Waals surface area contributed by atoms with Gasteiger partial charge in [0.15, 0.2) is 0 Å². The van der Waals surface area contributed by atoms with Crippen LogP contribution in [0, 0.1) is 0 Å². The Morgan fingerprint density at radius 3 is 2.76 bits per heavy atom. The molecule has 25 heavy (non-hydrogen) atoms. The summed E-state index contributed by atoms with van der Waals surface area (Å²) in [5, 5.41) is 8.15. The molecule has 1 amide bonds. The average Bonchev–Trinajstić information content (AvgIpc) is 3.26. The molecule has 3 atom stereocenters. The molecule has 1 aromatic carbocycles. The van der Waals surface area contributed by atoms with Gasteiger partial charge in [-0.05, 0) is 31.0 Å². The maximum atomic E-state index is 12.7. The zero-order chi connectivity index (χ0) is 17.6. The molecule has 132 valence electrons. The molecular formula is C18H19Cl2N3O2. The van der Waals surface area contributed by atoms with Gasteiger partial charge in [-0.1, -0.05) is 23.2 Å². The smallest absolute Gasteiger partial charge is 0.223 e. The monoisotopic (exact) mass is 379 g/mol. The van der Waals surface area contributed by atoms with Crippen molar-refractivity contribution in [2.24, 2.45) is 0 Å². The molecule has 0 aliphatic carbocycles. The molecule has 2 aromatic rings. The summed E-state index contributed by atoms with van der Waals surface area (Å²) >= 11 is 12.7. The van der Waals surface area contributed by atoms with Crippen LogP contribution in [0.3, 0.4) is 0 Å². The first-order chi connectivity index (χ1) is 12.1. The second-order valence-corrected chi connectivity index (χ2v) is 7.53. The quantitative estimate of drug-likeness (QED) is 0.876. The van der Waals surface area contributed by atoms with Crippen LogP contribution in [-0.4, -0.2) is 40.7 Å². The second kappa shape index (κ2) is 6.54. The molecule has 0 spiro atoms. The fraction of sp³-hybridized carbons (Fsp3) is 0.444. The number of carbonyl (C=O) groups is 1. The standard InChI is InChI=1S/C18H19Cl2N3O2/c1-25-15-3-2-13(19)18(20)17(15)11-7-12-6-10(14-4-5-21-22-14)8-16(24)23(12)9-11/h2-5,10-12H,6-9H2,1H3,(H,21,22)/t10-,11-,12+/m0/s1. The van der Waals surface area contributed by atoms with E-state index in [9.17, 15) is 4.79 Å². The van der Waals surface area contributed by atoms with Crippen LogP contribution in [0.4, 0.5) is 0 Å². The molecule has 4 rings (SSSR count). The lowest BCUT2D eigenvalue weighted by atomic mass is 9.86. The van der Waals surface area contributed by atoms with Crippen molar-refractivity contribution in [1.82, 2.24) is 15.1 Å². The van der Waals surface area contributed by atoms with Crippen LogP contribution in [0.15, 0.2) is 24.4 Å². The highest BCUT2D eigenvalue weighted by atomic mass is 35.5. The number of hydrogen-bond acceptors (Lipinski definition) is 3. The van der Waals surface area contributed by atoms with Crippen molar-refractivity contribution in [2.75, 3.05) is 13.7 Å². The van der Waals surface area contributed by atoms with Gasteiger partial charge in [-0.2, -0.15) is 5.10 Å². The summed E-state index contributed by atoms with van der Waals surface area (Å²) in [7, 11) is 1.63. The van der Waals surface area contributed by atoms with Crippen molar-refractivity contribution in [3.63, 3.8) is 0 Å². The van der Waals surface area contributed by atoms with Gasteiger partial charge in [0.25, 0.3) is 0 Å². The Morgan fingerprint density at radius 1 is 1.24 bits per heavy atom. The number of hydrogen-bond donors (Lipinski definition) is 1. The summed E-state index contributed by atoms with van der Waals surface area (Å²) in [6, 6.07) is 5.74. The number of aromatic amines is 1. The van der Waals surface area contributed by atoms with Gasteiger partial charge in [-0.15, -0.1) is 0 Å². The topological polar surface area (TPSA) is 58.2 Å². The molecular weight excluding hydrogens is 361 g/mol. The van der Waals surface area contributed by atoms with Gasteiger partial charge >= 0.3 is 0 Å². The number of rotatable bonds is 3. The van der Waals surface area contributed by atoms with E-state index in [0.29, 0.717) is 23.0 Å². The number of aromatic nitrogens is 2. The van der Waals surface area contributed by atoms with Crippen LogP contribution in [-0.2, 0) is 4.79 Å². The number of amides is 1. The van der Waals surface area contributed by atoms with Crippen LogP contribution in [0.2, 0.25) is 10.0 Å². The lowest BCUT2D eigenvalue weighted by Crippen LogP contribution is -2.41. The molecule has 3 heterocycles. The van der Waals surface area contributed by atoms with Crippen molar-refractivity contribution < 1.29 is 9.53 Å². The highest BCUT2D eigenvalue weighted by Crippen LogP contribution is 2.46. The number of nitrogens with one attached hydrogen (secondary N) is 1. The van der Waals surface area contributed by atoms with Crippen molar-refractivity contribution in [1.29, 1.82) is 0 Å². The van der Waals surface area contributed by atoms with Crippen molar-refractivity contribution in [2.45, 2.75) is 37.1 Å². The Morgan fingerprint density at radius 2 is 2.04 bits per heavy atom. The van der Waals surface area contributed by atoms with E-state index in [-0.39, 0.29) is 23.8 Å². The molecule has 0 radical (unpaired) electrons. The Hall–Kier alpha value is -1.72. The van der Waals surface area contributed by atoms with E-state index in [1.807, 2.05) is 17.0 Å². The van der Waals surface area contributed by atoms with E-state index < -0.39 is 0 Å². The van der Waals surface area contributed by atoms with Gasteiger partial charge in [0, 0.05) is 42.6 Å². The lowest BCUT2D eigenvalue weighted by Gasteiger charge is -2.33. The molecule has 0 saturated carbocycles. The van der Waals surface area contributed by atoms with Crippen LogP contribution >= 0.6 is 23.2 Å². The predicted molar refractivity (Wildman–Crippen MR) is 96.4 cm³/mol. The van der Waals surface area contributed by atoms with E-state index in [2.05, 4.69) is 10.2 Å². The number of piperidine rings is 1. The molecule has 7 heteroatoms. The number of nitrogens with zero attached hydrogens (tertiary/aromatic N) is 2. The van der Waals surface area contributed by atoms with E-state index in [1.54, 1.807) is 19.4 Å². The first-order valence-electron chi connectivity index (χ1n) is 8.39. The highest BCUT2D eigenvalue weighted by molar-refractivity contribution is 6.42. The zero-order valence-corrected chi connectivity index (χ0v) is 15.3. The number of carbonyl (C=O) groups excluding carboxylic acids is 1. The number of benzene rings is 1. The van der Waals surface area contributed by atoms with Crippen LogP contribution in [0.1, 0.15) is 42.4 Å². The first-order valence-corrected chi connectivity index (χ1v) is 9.15. The Bertz CT molecular complexity index is 794. The van der Waals surface area contributed by atoms with Gasteiger partial charge in [-0.3, -0.25) is 9.89 Å². The third kappa shape index (κ3) is 2.89. The highest BCUT2D eigenvalue weighted by Gasteiger charge is 2.43. The van der Waals surface area contributed by atoms with Gasteiger partial charge in [0.05, 0.1) is 22.8 Å². The summed E-state index contributed by atoms with van der Waals surface area (Å²) < 4.78 is 5.49. The molecule has 0 unspecified atom stereocenters. The van der Waals surface area contributed by atoms with Crippen molar-refractivity contribution in [3.8, 4) is 5.75 Å². The Labute approximate surface area is 156 Å². The normalized spacial score (nSPS) is 26.0. The summed E-state index contributed by atoms with van der Waals surface area (Å²) in [5.74, 6) is 1.22. The number of fused-ring (bicyclic) bond motifs is 1. The summed E-state index contributed by atoms with van der Waals surface area (Å²) in [6.07, 6.45) is 4.10. The lowest BCUT2D eigenvalue weighted by molar-refractivity contribution is -0.135. The third-order valence-electron chi connectivity index (χ3n) is 5.37. The molecule has 5 nitrogen and oxygen atoms in total. The summed E-state index contributed by atoms with van der Waals surface area (Å²) in [4.78, 5) is 14.7. The van der Waals surface area contributed by atoms with E-state index in [0.717, 1.165) is 29.8 Å². The maximum absolute atomic E-state index is 12.7. The Kier molecular flexibility index (Phi) is 4.38. The molecule has 2 saturated heterocycles. The van der Waals surface area contributed by atoms with Gasteiger partial charge in [0.1, 0.15) is 5.75 Å². The number of ether oxygens (including phenoxy) is 1. The molecule has 1 N–H and O–H groups in total. The minimum absolute atomic E-state index is 0.132. The van der Waals surface area contributed by atoms with Gasteiger partial charge in [-0.25, -0.2) is 0 Å². The minimum Gasteiger partial charge on any atom is -0.496 e. The Balaban J connectivity index is 1.61. The van der Waals surface area contributed by atoms with E-state index >= 15 is 0 Å². The summed E-state index contributed by atoms with van der Waals surface area (Å²) in [5.41, 5.74) is 1.88. The van der Waals surface area contributed by atoms with Crippen LogP contribution in [0.25, 0.3) is 0 Å². The molecule has 2 aliphatic rings. The second-order valence-electron chi connectivity index (χ2n) is 6.75. The largest absolute Gasteiger partial charge is 0.496 e. The van der Waals surface area contributed by atoms with Crippen LogP contribution in [0.5, 0.6) is 5.75 Å². The summed E-state index contributed by atoms with van der Waals surface area (Å²) in [6.45, 7) is 0.660. The van der Waals surface area contributed by atoms with Crippen LogP contribution < -0.4 is 4.74 Å². The van der Waals surface area contributed by atoms with E-state index in [1.165, 1.54) is 0 Å². The number of H-pyrrole nitrogens is 1. The first kappa shape index (κ1) is 16.7. The average molecular weight is 380 g/mol. The fourth-order valence-corrected chi connectivity index (χ4v) is 4.70. The maximum Gasteiger partial charge on any atom is 0.223 e. The number of halogens is 2. The molecule has 1 aromatic heterocycles. The molecule has 2 fully saturated rings. The minimum atomic E-state index is 0.132. The van der Waals surface area contributed by atoms with Crippen molar-refractivity contribution in [3.05, 3.63) is 45.7 Å². The third-order valence-corrected chi connectivity index (χ3v) is 6.19. The predicted octanol–water partition coefficient (Wildman–Crippen LogP) is 3.99. The molecule has 0 bridgehead atoms. The molecule has 2 aliphatic heterocycles. The fourth-order valence-electron chi connectivity index (χ4n) is 4.23. The van der Waals surface area contributed by atoms with E-state index in [4.69, 9.17) is 27.9 Å². The SMILES string of the molecule is COc1ccc(Cl)c(Cl)c1[C@H]1C[C@H]2C[C@H](c3cc[nH]n3)CC(=O)N2C1. The number of methoxy groups -OCH3 is 1. The zero-order valence-electron chi connectivity index (χ0n) is 13.8.